The molecule has 0 aromatic carbocycles. The highest BCUT2D eigenvalue weighted by Crippen LogP contribution is 2.46. The Morgan fingerprint density at radius 2 is 2.16 bits per heavy atom. The second-order valence-corrected chi connectivity index (χ2v) is 7.60. The Hall–Kier alpha value is -0.620. The van der Waals surface area contributed by atoms with Crippen molar-refractivity contribution < 1.29 is 0 Å². The molecular weight excluding hydrogens is 276 g/mol. The number of nitrogens with one attached hydrogen (secondary N) is 1. The fraction of sp³-hybridized carbons (Fsp3) is 0.692. The second-order valence-electron chi connectivity index (χ2n) is 5.10. The number of thioether (sulfide) groups is 2. The van der Waals surface area contributed by atoms with E-state index in [1.165, 1.54) is 24.3 Å². The summed E-state index contributed by atoms with van der Waals surface area (Å²) < 4.78 is 0.465. The molecule has 0 spiro atoms. The fourth-order valence-electron chi connectivity index (χ4n) is 2.25. The van der Waals surface area contributed by atoms with E-state index >= 15 is 0 Å². The molecule has 1 N–H and O–H groups in total. The van der Waals surface area contributed by atoms with E-state index in [1.54, 1.807) is 6.33 Å². The van der Waals surface area contributed by atoms with E-state index in [-0.39, 0.29) is 0 Å². The van der Waals surface area contributed by atoms with Gasteiger partial charge >= 0.3 is 0 Å². The van der Waals surface area contributed by atoms with E-state index in [0.717, 1.165) is 31.3 Å². The van der Waals surface area contributed by atoms with E-state index in [4.69, 9.17) is 0 Å². The molecule has 2 heterocycles. The summed E-state index contributed by atoms with van der Waals surface area (Å²) in [6.45, 7) is 3.20. The third kappa shape index (κ3) is 3.28. The van der Waals surface area contributed by atoms with E-state index in [2.05, 4.69) is 32.5 Å². The highest BCUT2D eigenvalue weighted by molar-refractivity contribution is 8.00. The summed E-state index contributed by atoms with van der Waals surface area (Å²) in [5, 5.41) is 3.47. The van der Waals surface area contributed by atoms with Gasteiger partial charge in [0.1, 0.15) is 18.0 Å². The van der Waals surface area contributed by atoms with Crippen LogP contribution >= 0.6 is 23.5 Å². The van der Waals surface area contributed by atoms with Crippen LogP contribution in [-0.4, -0.2) is 52.1 Å². The molecule has 1 aromatic heterocycles. The number of anilines is 2. The Kier molecular flexibility index (Phi) is 4.07. The van der Waals surface area contributed by atoms with E-state index < -0.39 is 0 Å². The molecule has 19 heavy (non-hydrogen) atoms. The molecule has 104 valence electrons. The van der Waals surface area contributed by atoms with Gasteiger partial charge in [0, 0.05) is 42.0 Å². The summed E-state index contributed by atoms with van der Waals surface area (Å²) in [6.07, 6.45) is 6.52. The van der Waals surface area contributed by atoms with Gasteiger partial charge in [0.05, 0.1) is 0 Å². The maximum atomic E-state index is 4.40. The van der Waals surface area contributed by atoms with Gasteiger partial charge in [-0.1, -0.05) is 0 Å². The highest BCUT2D eigenvalue weighted by Gasteiger charge is 2.41. The van der Waals surface area contributed by atoms with Crippen molar-refractivity contribution in [1.29, 1.82) is 0 Å². The van der Waals surface area contributed by atoms with Gasteiger partial charge in [-0.2, -0.15) is 23.5 Å². The third-order valence-corrected chi connectivity index (χ3v) is 6.18. The molecule has 0 radical (unpaired) electrons. The molecule has 1 aromatic rings. The molecule has 1 saturated heterocycles. The zero-order chi connectivity index (χ0) is 13.1. The van der Waals surface area contributed by atoms with Gasteiger partial charge in [0.25, 0.3) is 0 Å². The van der Waals surface area contributed by atoms with Crippen LogP contribution in [0.2, 0.25) is 0 Å². The molecule has 1 aliphatic heterocycles. The van der Waals surface area contributed by atoms with Crippen molar-refractivity contribution in [2.24, 2.45) is 0 Å². The van der Waals surface area contributed by atoms with Gasteiger partial charge in [0.2, 0.25) is 0 Å². The van der Waals surface area contributed by atoms with Crippen molar-refractivity contribution in [3.05, 3.63) is 12.4 Å². The van der Waals surface area contributed by atoms with Gasteiger partial charge in [-0.05, 0) is 19.1 Å². The first-order valence-corrected chi connectivity index (χ1v) is 9.13. The maximum Gasteiger partial charge on any atom is 0.134 e. The molecule has 1 aliphatic carbocycles. The summed E-state index contributed by atoms with van der Waals surface area (Å²) in [7, 11) is 0. The Balaban J connectivity index is 1.62. The minimum absolute atomic E-state index is 0.465. The smallest absolute Gasteiger partial charge is 0.134 e. The lowest BCUT2D eigenvalue weighted by Gasteiger charge is -2.27. The van der Waals surface area contributed by atoms with Gasteiger partial charge < -0.3 is 10.2 Å². The monoisotopic (exact) mass is 296 g/mol. The zero-order valence-electron chi connectivity index (χ0n) is 11.3. The lowest BCUT2D eigenvalue weighted by Crippen LogP contribution is -2.33. The van der Waals surface area contributed by atoms with Gasteiger partial charge in [0.15, 0.2) is 0 Å². The Morgan fingerprint density at radius 3 is 2.84 bits per heavy atom. The molecule has 3 rings (SSSR count). The van der Waals surface area contributed by atoms with Gasteiger partial charge in [-0.3, -0.25) is 0 Å². The van der Waals surface area contributed by atoms with Crippen molar-refractivity contribution in [1.82, 2.24) is 9.97 Å². The number of nitrogens with zero attached hydrogens (tertiary/aromatic N) is 3. The standard InChI is InChI=1S/C13H20N4S2/c1-18-13(2-3-13)9-14-11-8-12(16-10-15-11)17-4-6-19-7-5-17/h8,10H,2-7,9H2,1H3,(H,14,15,16). The van der Waals surface area contributed by atoms with Crippen LogP contribution in [0.15, 0.2) is 12.4 Å². The van der Waals surface area contributed by atoms with Gasteiger partial charge in [-0.15, -0.1) is 0 Å². The molecule has 0 unspecified atom stereocenters. The highest BCUT2D eigenvalue weighted by atomic mass is 32.2. The molecule has 2 aliphatic rings. The summed E-state index contributed by atoms with van der Waals surface area (Å²) in [5.74, 6) is 4.42. The van der Waals surface area contributed by atoms with Crippen molar-refractivity contribution in [3.8, 4) is 0 Å². The lowest BCUT2D eigenvalue weighted by atomic mass is 10.4. The minimum Gasteiger partial charge on any atom is -0.369 e. The first kappa shape index (κ1) is 13.4. The number of hydrogen-bond acceptors (Lipinski definition) is 6. The summed E-state index contributed by atoms with van der Waals surface area (Å²) in [5.41, 5.74) is 0. The van der Waals surface area contributed by atoms with Gasteiger partial charge in [-0.25, -0.2) is 9.97 Å². The third-order valence-electron chi connectivity index (χ3n) is 3.82. The Labute approximate surface area is 123 Å². The van der Waals surface area contributed by atoms with E-state index in [0.29, 0.717) is 4.75 Å². The average molecular weight is 296 g/mol. The molecule has 0 bridgehead atoms. The van der Waals surface area contributed by atoms with Crippen molar-refractivity contribution in [2.75, 3.05) is 47.6 Å². The lowest BCUT2D eigenvalue weighted by molar-refractivity contribution is 0.834. The first-order chi connectivity index (χ1) is 9.31. The normalized spacial score (nSPS) is 21.2. The van der Waals surface area contributed by atoms with Crippen molar-refractivity contribution in [2.45, 2.75) is 17.6 Å². The fourth-order valence-corrected chi connectivity index (χ4v) is 3.88. The molecule has 0 atom stereocenters. The van der Waals surface area contributed by atoms with Crippen molar-refractivity contribution >= 4 is 35.2 Å². The van der Waals surface area contributed by atoms with Crippen LogP contribution in [-0.2, 0) is 0 Å². The summed E-state index contributed by atoms with van der Waals surface area (Å²) in [4.78, 5) is 11.1. The van der Waals surface area contributed by atoms with Crippen LogP contribution in [0.4, 0.5) is 11.6 Å². The maximum absolute atomic E-state index is 4.40. The number of aromatic nitrogens is 2. The van der Waals surface area contributed by atoms with Crippen molar-refractivity contribution in [3.63, 3.8) is 0 Å². The first-order valence-electron chi connectivity index (χ1n) is 6.75. The molecule has 1 saturated carbocycles. The predicted octanol–water partition coefficient (Wildman–Crippen LogP) is 2.34. The van der Waals surface area contributed by atoms with Crippen LogP contribution in [0.3, 0.4) is 0 Å². The van der Waals surface area contributed by atoms with Crippen LogP contribution < -0.4 is 10.2 Å². The minimum atomic E-state index is 0.465. The van der Waals surface area contributed by atoms with Crippen LogP contribution in [0.5, 0.6) is 0 Å². The summed E-state index contributed by atoms with van der Waals surface area (Å²) >= 11 is 3.99. The van der Waals surface area contributed by atoms with Crippen LogP contribution in [0, 0.1) is 0 Å². The average Bonchev–Trinajstić information content (AvgIpc) is 3.27. The zero-order valence-corrected chi connectivity index (χ0v) is 12.9. The molecule has 6 heteroatoms. The topological polar surface area (TPSA) is 41.0 Å². The molecule has 4 nitrogen and oxygen atoms in total. The molecular formula is C13H20N4S2. The molecule has 0 amide bonds. The van der Waals surface area contributed by atoms with E-state index in [1.807, 2.05) is 23.5 Å². The Bertz CT molecular complexity index is 430. The molecule has 2 fully saturated rings. The van der Waals surface area contributed by atoms with E-state index in [9.17, 15) is 0 Å². The van der Waals surface area contributed by atoms with Crippen LogP contribution in [0.25, 0.3) is 0 Å². The predicted molar refractivity (Wildman–Crippen MR) is 85.5 cm³/mol. The SMILES string of the molecule is CSC1(CNc2cc(N3CCSCC3)ncn2)CC1. The number of rotatable bonds is 5. The number of hydrogen-bond donors (Lipinski definition) is 1. The Morgan fingerprint density at radius 1 is 1.37 bits per heavy atom. The second kappa shape index (κ2) is 5.79. The van der Waals surface area contributed by atoms with Crippen LogP contribution in [0.1, 0.15) is 12.8 Å². The largest absolute Gasteiger partial charge is 0.369 e. The summed E-state index contributed by atoms with van der Waals surface area (Å²) in [6, 6.07) is 2.09. The quantitative estimate of drug-likeness (QED) is 0.899.